The molecular formula is C23H23FN6O2. The van der Waals surface area contributed by atoms with Gasteiger partial charge in [0.25, 0.3) is 5.91 Å². The van der Waals surface area contributed by atoms with Crippen LogP contribution in [0.5, 0.6) is 0 Å². The third-order valence-electron chi connectivity index (χ3n) is 5.34. The maximum absolute atomic E-state index is 13.3. The predicted molar refractivity (Wildman–Crippen MR) is 118 cm³/mol. The Morgan fingerprint density at radius 3 is 2.69 bits per heavy atom. The first-order valence-electron chi connectivity index (χ1n) is 10.2. The summed E-state index contributed by atoms with van der Waals surface area (Å²) in [5.74, 6) is 0.306. The Kier molecular flexibility index (Phi) is 6.07. The average Bonchev–Trinajstić information content (AvgIpc) is 3.21. The summed E-state index contributed by atoms with van der Waals surface area (Å²) in [7, 11) is 3.42. The van der Waals surface area contributed by atoms with Gasteiger partial charge < -0.3 is 15.1 Å². The first-order chi connectivity index (χ1) is 15.4. The third kappa shape index (κ3) is 4.56. The number of amides is 2. The molecule has 3 heterocycles. The van der Waals surface area contributed by atoms with Gasteiger partial charge in [0.1, 0.15) is 23.2 Å². The molecular weight excluding hydrogens is 411 g/mol. The Morgan fingerprint density at radius 1 is 1.22 bits per heavy atom. The summed E-state index contributed by atoms with van der Waals surface area (Å²) in [6, 6.07) is 12.9. The van der Waals surface area contributed by atoms with Crippen LogP contribution in [0.25, 0.3) is 0 Å². The zero-order valence-corrected chi connectivity index (χ0v) is 17.8. The number of hydrogen-bond donors (Lipinski definition) is 1. The molecule has 2 aromatic heterocycles. The van der Waals surface area contributed by atoms with Crippen LogP contribution in [-0.4, -0.2) is 52.3 Å². The van der Waals surface area contributed by atoms with E-state index in [9.17, 15) is 14.0 Å². The Hall–Kier alpha value is -3.88. The minimum atomic E-state index is -0.347. The van der Waals surface area contributed by atoms with E-state index in [0.717, 1.165) is 5.69 Å². The molecule has 8 nitrogen and oxygen atoms in total. The number of carbonyl (C=O) groups is 2. The van der Waals surface area contributed by atoms with E-state index in [1.165, 1.54) is 17.0 Å². The molecule has 0 spiro atoms. The zero-order valence-electron chi connectivity index (χ0n) is 17.8. The van der Waals surface area contributed by atoms with E-state index in [2.05, 4.69) is 20.3 Å². The van der Waals surface area contributed by atoms with Crippen molar-refractivity contribution in [1.82, 2.24) is 19.9 Å². The molecule has 1 aliphatic heterocycles. The molecule has 9 heteroatoms. The maximum Gasteiger partial charge on any atom is 0.272 e. The van der Waals surface area contributed by atoms with Crippen molar-refractivity contribution in [2.24, 2.45) is 0 Å². The standard InChI is InChI=1S/C23H23FN6O2/c1-25-20-12-19(15-11-22(31)30(13-15)17-8-6-16(24)7-9-17)27-21(28-20)14-29(2)23(32)18-5-3-4-10-26-18/h3-10,12,15H,11,13-14H2,1-2H3,(H,25,27,28)/t15-/m1/s1. The van der Waals surface area contributed by atoms with Gasteiger partial charge in [0.2, 0.25) is 5.91 Å². The summed E-state index contributed by atoms with van der Waals surface area (Å²) in [6.45, 7) is 0.632. The molecule has 1 fully saturated rings. The average molecular weight is 434 g/mol. The summed E-state index contributed by atoms with van der Waals surface area (Å²) in [5.41, 5.74) is 1.72. The highest BCUT2D eigenvalue weighted by molar-refractivity contribution is 5.96. The van der Waals surface area contributed by atoms with E-state index in [1.54, 1.807) is 55.5 Å². The predicted octanol–water partition coefficient (Wildman–Crippen LogP) is 2.85. The lowest BCUT2D eigenvalue weighted by atomic mass is 10.0. The molecule has 2 amide bonds. The van der Waals surface area contributed by atoms with Crippen molar-refractivity contribution in [3.63, 3.8) is 0 Å². The number of pyridine rings is 1. The van der Waals surface area contributed by atoms with Crippen LogP contribution in [0, 0.1) is 5.82 Å². The van der Waals surface area contributed by atoms with Gasteiger partial charge in [-0.3, -0.25) is 14.6 Å². The van der Waals surface area contributed by atoms with Crippen molar-refractivity contribution in [3.8, 4) is 0 Å². The first-order valence-corrected chi connectivity index (χ1v) is 10.2. The number of aromatic nitrogens is 3. The van der Waals surface area contributed by atoms with Crippen molar-refractivity contribution in [2.45, 2.75) is 18.9 Å². The van der Waals surface area contributed by atoms with Gasteiger partial charge >= 0.3 is 0 Å². The number of anilines is 2. The number of rotatable bonds is 6. The highest BCUT2D eigenvalue weighted by atomic mass is 19.1. The Morgan fingerprint density at radius 2 is 2.00 bits per heavy atom. The minimum Gasteiger partial charge on any atom is -0.373 e. The molecule has 32 heavy (non-hydrogen) atoms. The maximum atomic E-state index is 13.3. The fraction of sp³-hybridized carbons (Fsp3) is 0.261. The summed E-state index contributed by atoms with van der Waals surface area (Å²) < 4.78 is 13.3. The normalized spacial score (nSPS) is 15.7. The second-order valence-electron chi connectivity index (χ2n) is 7.60. The van der Waals surface area contributed by atoms with Crippen molar-refractivity contribution in [2.75, 3.05) is 30.9 Å². The molecule has 4 rings (SSSR count). The fourth-order valence-corrected chi connectivity index (χ4v) is 3.67. The molecule has 1 aliphatic rings. The topological polar surface area (TPSA) is 91.3 Å². The van der Waals surface area contributed by atoms with E-state index < -0.39 is 0 Å². The van der Waals surface area contributed by atoms with Gasteiger partial charge in [-0.2, -0.15) is 0 Å². The van der Waals surface area contributed by atoms with Crippen LogP contribution in [0.3, 0.4) is 0 Å². The lowest BCUT2D eigenvalue weighted by molar-refractivity contribution is -0.117. The van der Waals surface area contributed by atoms with Crippen LogP contribution < -0.4 is 10.2 Å². The highest BCUT2D eigenvalue weighted by Gasteiger charge is 2.33. The van der Waals surface area contributed by atoms with Crippen LogP contribution in [0.1, 0.15) is 34.3 Å². The monoisotopic (exact) mass is 434 g/mol. The van der Waals surface area contributed by atoms with Crippen LogP contribution in [0.15, 0.2) is 54.7 Å². The lowest BCUT2D eigenvalue weighted by Crippen LogP contribution is -2.28. The van der Waals surface area contributed by atoms with E-state index in [1.807, 2.05) is 6.07 Å². The van der Waals surface area contributed by atoms with Gasteiger partial charge in [0.05, 0.1) is 12.2 Å². The lowest BCUT2D eigenvalue weighted by Gasteiger charge is -2.19. The van der Waals surface area contributed by atoms with Gasteiger partial charge in [-0.25, -0.2) is 14.4 Å². The second-order valence-corrected chi connectivity index (χ2v) is 7.60. The molecule has 164 valence electrons. The summed E-state index contributed by atoms with van der Waals surface area (Å²) in [6.07, 6.45) is 1.86. The number of nitrogens with zero attached hydrogens (tertiary/aromatic N) is 5. The SMILES string of the molecule is CNc1cc([C@@H]2CC(=O)N(c3ccc(F)cc3)C2)nc(CN(C)C(=O)c2ccccn2)n1. The summed E-state index contributed by atoms with van der Waals surface area (Å²) in [5, 5.41) is 3.02. The second kappa shape index (κ2) is 9.09. The van der Waals surface area contributed by atoms with E-state index in [0.29, 0.717) is 36.0 Å². The zero-order chi connectivity index (χ0) is 22.7. The van der Waals surface area contributed by atoms with Crippen molar-refractivity contribution < 1.29 is 14.0 Å². The third-order valence-corrected chi connectivity index (χ3v) is 5.34. The fourth-order valence-electron chi connectivity index (χ4n) is 3.67. The summed E-state index contributed by atoms with van der Waals surface area (Å²) >= 11 is 0. The number of carbonyl (C=O) groups excluding carboxylic acids is 2. The van der Waals surface area contributed by atoms with Crippen LogP contribution in [0.2, 0.25) is 0 Å². The van der Waals surface area contributed by atoms with Gasteiger partial charge in [0, 0.05) is 50.9 Å². The van der Waals surface area contributed by atoms with Gasteiger partial charge in [-0.05, 0) is 36.4 Å². The number of halogens is 1. The molecule has 1 atom stereocenters. The number of hydrogen-bond acceptors (Lipinski definition) is 6. The van der Waals surface area contributed by atoms with Crippen molar-refractivity contribution in [1.29, 1.82) is 0 Å². The molecule has 3 aromatic rings. The largest absolute Gasteiger partial charge is 0.373 e. The Labute approximate surface area is 185 Å². The van der Waals surface area contributed by atoms with E-state index in [4.69, 9.17) is 0 Å². The highest BCUT2D eigenvalue weighted by Crippen LogP contribution is 2.31. The molecule has 0 saturated carbocycles. The molecule has 0 aliphatic carbocycles. The van der Waals surface area contributed by atoms with Crippen LogP contribution in [-0.2, 0) is 11.3 Å². The van der Waals surface area contributed by atoms with Crippen LogP contribution in [0.4, 0.5) is 15.9 Å². The quantitative estimate of drug-likeness (QED) is 0.642. The van der Waals surface area contributed by atoms with E-state index >= 15 is 0 Å². The minimum absolute atomic E-state index is 0.0461. The van der Waals surface area contributed by atoms with Gasteiger partial charge in [-0.15, -0.1) is 0 Å². The van der Waals surface area contributed by atoms with Gasteiger partial charge in [-0.1, -0.05) is 6.07 Å². The smallest absolute Gasteiger partial charge is 0.272 e. The van der Waals surface area contributed by atoms with Crippen molar-refractivity contribution >= 4 is 23.3 Å². The molecule has 1 N–H and O–H groups in total. The molecule has 0 bridgehead atoms. The summed E-state index contributed by atoms with van der Waals surface area (Å²) in [4.78, 5) is 41.6. The molecule has 0 radical (unpaired) electrons. The number of benzene rings is 1. The van der Waals surface area contributed by atoms with Crippen LogP contribution >= 0.6 is 0 Å². The van der Waals surface area contributed by atoms with E-state index in [-0.39, 0.29) is 30.1 Å². The Bertz CT molecular complexity index is 1120. The molecule has 1 aromatic carbocycles. The Balaban J connectivity index is 1.54. The van der Waals surface area contributed by atoms with Gasteiger partial charge in [0.15, 0.2) is 0 Å². The number of nitrogens with one attached hydrogen (secondary N) is 1. The molecule has 0 unspecified atom stereocenters. The first kappa shape index (κ1) is 21.4. The molecule has 1 saturated heterocycles. The van der Waals surface area contributed by atoms with Crippen molar-refractivity contribution in [3.05, 3.63) is 77.8 Å².